The van der Waals surface area contributed by atoms with E-state index in [1.807, 2.05) is 6.07 Å². The fraction of sp³-hybridized carbons (Fsp3) is 0.118. The van der Waals surface area contributed by atoms with E-state index < -0.39 is 0 Å². The van der Waals surface area contributed by atoms with Gasteiger partial charge in [0.05, 0.1) is 12.2 Å². The number of ketones is 1. The number of rotatable bonds is 6. The zero-order valence-electron chi connectivity index (χ0n) is 11.6. The molecule has 107 valence electrons. The summed E-state index contributed by atoms with van der Waals surface area (Å²) in [5.74, 6) is -0.120. The van der Waals surface area contributed by atoms with Crippen LogP contribution < -0.4 is 4.74 Å². The van der Waals surface area contributed by atoms with E-state index in [4.69, 9.17) is 9.47 Å². The van der Waals surface area contributed by atoms with Crippen molar-refractivity contribution < 1.29 is 19.1 Å². The first-order valence-electron chi connectivity index (χ1n) is 6.57. The summed E-state index contributed by atoms with van der Waals surface area (Å²) < 4.78 is 10.2. The highest BCUT2D eigenvalue weighted by Gasteiger charge is 2.09. The van der Waals surface area contributed by atoms with Gasteiger partial charge in [0.15, 0.2) is 0 Å². The second-order valence-electron chi connectivity index (χ2n) is 4.21. The van der Waals surface area contributed by atoms with E-state index in [0.29, 0.717) is 23.5 Å². The minimum absolute atomic E-state index is 0.218. The fourth-order valence-corrected chi connectivity index (χ4v) is 1.68. The van der Waals surface area contributed by atoms with Gasteiger partial charge in [-0.25, -0.2) is 4.79 Å². The lowest BCUT2D eigenvalue weighted by Crippen LogP contribution is -2.06. The Bertz CT molecular complexity index is 602. The number of hydrogen-bond donors (Lipinski definition) is 0. The van der Waals surface area contributed by atoms with Crippen molar-refractivity contribution in [3.63, 3.8) is 0 Å². The number of carbonyl (C=O) groups excluding carboxylic acids is 2. The van der Waals surface area contributed by atoms with Gasteiger partial charge >= 0.3 is 5.97 Å². The molecule has 0 atom stereocenters. The molecule has 0 heterocycles. The summed E-state index contributed by atoms with van der Waals surface area (Å²) in [6.45, 7) is 3.23. The van der Waals surface area contributed by atoms with Crippen molar-refractivity contribution in [3.05, 3.63) is 72.3 Å². The van der Waals surface area contributed by atoms with Gasteiger partial charge in [0.2, 0.25) is 12.4 Å². The Morgan fingerprint density at radius 3 is 2.24 bits per heavy atom. The topological polar surface area (TPSA) is 52.6 Å². The highest BCUT2D eigenvalue weighted by molar-refractivity contribution is 6.01. The molecule has 0 aliphatic rings. The molecule has 2 aromatic rings. The van der Waals surface area contributed by atoms with E-state index in [1.165, 1.54) is 0 Å². The first-order chi connectivity index (χ1) is 10.2. The average molecular weight is 283 g/mol. The lowest BCUT2D eigenvalue weighted by Gasteiger charge is -2.06. The maximum Gasteiger partial charge on any atom is 0.338 e. The average Bonchev–Trinajstić information content (AvgIpc) is 2.54. The Hall–Kier alpha value is -2.62. The molecule has 0 aromatic heterocycles. The van der Waals surface area contributed by atoms with Crippen molar-refractivity contribution in [3.8, 4) is 5.75 Å². The molecule has 0 aliphatic heterocycles. The third kappa shape index (κ3) is 4.18. The molecule has 0 bridgehead atoms. The molecule has 21 heavy (non-hydrogen) atoms. The minimum atomic E-state index is -0.381. The summed E-state index contributed by atoms with van der Waals surface area (Å²) >= 11 is 0. The summed E-state index contributed by atoms with van der Waals surface area (Å²) in [4.78, 5) is 23.3. The summed E-state index contributed by atoms with van der Waals surface area (Å²) in [5.41, 5.74) is 0.999. The molecule has 4 heteroatoms. The number of ether oxygens (including phenoxy) is 2. The summed E-state index contributed by atoms with van der Waals surface area (Å²) in [6, 6.07) is 15.2. The van der Waals surface area contributed by atoms with Crippen molar-refractivity contribution in [1.82, 2.24) is 0 Å². The number of hydrogen-bond acceptors (Lipinski definition) is 4. The summed E-state index contributed by atoms with van der Waals surface area (Å²) in [5, 5.41) is 0. The number of Topliss-reactive ketones (excluding diaryl/α,β-unsaturated/α-hetero) is 1. The lowest BCUT2D eigenvalue weighted by molar-refractivity contribution is 0.0526. The maximum atomic E-state index is 11.8. The molecule has 0 spiro atoms. The van der Waals surface area contributed by atoms with Gasteiger partial charge in [0, 0.05) is 5.56 Å². The monoisotopic (exact) mass is 283 g/mol. The molecule has 0 saturated heterocycles. The molecule has 4 nitrogen and oxygen atoms in total. The molecular weight excluding hydrogens is 268 g/mol. The largest absolute Gasteiger partial charge is 0.478 e. The quantitative estimate of drug-likeness (QED) is 0.603. The summed E-state index contributed by atoms with van der Waals surface area (Å²) in [7, 11) is 0. The van der Waals surface area contributed by atoms with Crippen LogP contribution in [0, 0.1) is 6.61 Å². The Kier molecular flexibility index (Phi) is 5.10. The minimum Gasteiger partial charge on any atom is -0.478 e. The van der Waals surface area contributed by atoms with Crippen molar-refractivity contribution in [2.45, 2.75) is 6.92 Å². The molecule has 0 saturated carbocycles. The first-order valence-corrected chi connectivity index (χ1v) is 6.57. The van der Waals surface area contributed by atoms with Crippen LogP contribution in [0.3, 0.4) is 0 Å². The van der Waals surface area contributed by atoms with E-state index in [-0.39, 0.29) is 11.8 Å². The maximum absolute atomic E-state index is 11.8. The van der Waals surface area contributed by atoms with Gasteiger partial charge in [-0.1, -0.05) is 30.3 Å². The van der Waals surface area contributed by atoms with Gasteiger partial charge in [-0.3, -0.25) is 4.79 Å². The normalized spacial score (nSPS) is 9.95. The highest BCUT2D eigenvalue weighted by Crippen LogP contribution is 2.15. The lowest BCUT2D eigenvalue weighted by atomic mass is 10.1. The molecule has 0 aliphatic carbocycles. The molecule has 0 unspecified atom stereocenters. The van der Waals surface area contributed by atoms with Crippen molar-refractivity contribution in [1.29, 1.82) is 0 Å². The Morgan fingerprint density at radius 2 is 1.62 bits per heavy atom. The molecule has 0 amide bonds. The van der Waals surface area contributed by atoms with Gasteiger partial charge in [0.25, 0.3) is 0 Å². The van der Waals surface area contributed by atoms with Crippen LogP contribution in [0.5, 0.6) is 5.75 Å². The van der Waals surface area contributed by atoms with Crippen molar-refractivity contribution in [2.24, 2.45) is 0 Å². The number of benzene rings is 2. The molecule has 2 aromatic carbocycles. The van der Waals surface area contributed by atoms with E-state index in [0.717, 1.165) is 6.61 Å². The predicted octanol–water partition coefficient (Wildman–Crippen LogP) is 3.29. The molecule has 1 radical (unpaired) electrons. The standard InChI is InChI=1S/C17H15O4/c1-2-20-17(19)14-8-10-15(11-9-14)21-12-16(18)13-6-4-3-5-7-13/h3-12H,2H2,1H3. The van der Waals surface area contributed by atoms with Crippen LogP contribution in [0.1, 0.15) is 27.6 Å². The Morgan fingerprint density at radius 1 is 0.952 bits per heavy atom. The number of carbonyl (C=O) groups is 2. The Balaban J connectivity index is 1.92. The van der Waals surface area contributed by atoms with Crippen LogP contribution in [-0.4, -0.2) is 18.4 Å². The van der Waals surface area contributed by atoms with Crippen LogP contribution in [0.2, 0.25) is 0 Å². The van der Waals surface area contributed by atoms with Crippen LogP contribution >= 0.6 is 0 Å². The zero-order valence-corrected chi connectivity index (χ0v) is 11.6. The van der Waals surface area contributed by atoms with E-state index in [1.54, 1.807) is 55.5 Å². The second-order valence-corrected chi connectivity index (χ2v) is 4.21. The van der Waals surface area contributed by atoms with Gasteiger partial charge in [-0.2, -0.15) is 0 Å². The third-order valence-electron chi connectivity index (χ3n) is 2.73. The molecule has 2 rings (SSSR count). The van der Waals surface area contributed by atoms with E-state index in [2.05, 4.69) is 0 Å². The SMILES string of the molecule is CCOC(=O)c1ccc(O[CH]C(=O)c2ccccc2)cc1. The molecular formula is C17H15O4. The zero-order chi connectivity index (χ0) is 15.1. The number of esters is 1. The molecule has 0 N–H and O–H groups in total. The van der Waals surface area contributed by atoms with Crippen LogP contribution in [-0.2, 0) is 4.74 Å². The van der Waals surface area contributed by atoms with Crippen molar-refractivity contribution in [2.75, 3.05) is 6.61 Å². The first kappa shape index (κ1) is 14.8. The highest BCUT2D eigenvalue weighted by atomic mass is 16.5. The van der Waals surface area contributed by atoms with E-state index in [9.17, 15) is 9.59 Å². The van der Waals surface area contributed by atoms with Gasteiger partial charge in [-0.15, -0.1) is 0 Å². The van der Waals surface area contributed by atoms with Gasteiger partial charge in [0.1, 0.15) is 5.75 Å². The van der Waals surface area contributed by atoms with Crippen LogP contribution in [0.4, 0.5) is 0 Å². The van der Waals surface area contributed by atoms with Gasteiger partial charge < -0.3 is 9.47 Å². The van der Waals surface area contributed by atoms with Gasteiger partial charge in [-0.05, 0) is 31.2 Å². The van der Waals surface area contributed by atoms with Crippen LogP contribution in [0.25, 0.3) is 0 Å². The third-order valence-corrected chi connectivity index (χ3v) is 2.73. The predicted molar refractivity (Wildman–Crippen MR) is 78.1 cm³/mol. The van der Waals surface area contributed by atoms with Crippen LogP contribution in [0.15, 0.2) is 54.6 Å². The second kappa shape index (κ2) is 7.24. The Labute approximate surface area is 123 Å². The van der Waals surface area contributed by atoms with E-state index >= 15 is 0 Å². The summed E-state index contributed by atoms with van der Waals surface area (Å²) in [6.07, 6.45) is 0. The molecule has 0 fully saturated rings. The smallest absolute Gasteiger partial charge is 0.338 e. The fourth-order valence-electron chi connectivity index (χ4n) is 1.68. The van der Waals surface area contributed by atoms with Crippen molar-refractivity contribution >= 4 is 11.8 Å².